The van der Waals surface area contributed by atoms with Crippen LogP contribution in [0.3, 0.4) is 0 Å². The molecule has 3 nitrogen and oxygen atoms in total. The zero-order chi connectivity index (χ0) is 15.1. The van der Waals surface area contributed by atoms with Crippen molar-refractivity contribution in [1.29, 1.82) is 0 Å². The predicted octanol–water partition coefficient (Wildman–Crippen LogP) is 5.46. The monoisotopic (exact) mass is 345 g/mol. The van der Waals surface area contributed by atoms with E-state index < -0.39 is 0 Å². The Morgan fingerprint density at radius 2 is 1.91 bits per heavy atom. The molecule has 0 atom stereocenters. The molecule has 0 aliphatic rings. The quantitative estimate of drug-likeness (QED) is 0.483. The number of fused-ring (bicyclic) bond motifs is 1. The molecule has 4 rings (SSSR count). The van der Waals surface area contributed by atoms with Crippen LogP contribution in [0.5, 0.6) is 0 Å². The lowest BCUT2D eigenvalue weighted by Crippen LogP contribution is -1.91. The number of hydrogen-bond acceptors (Lipinski definition) is 3. The van der Waals surface area contributed by atoms with Crippen molar-refractivity contribution in [2.24, 2.45) is 0 Å². The van der Waals surface area contributed by atoms with Gasteiger partial charge >= 0.3 is 0 Å². The summed E-state index contributed by atoms with van der Waals surface area (Å²) in [4.78, 5) is 9.07. The fourth-order valence-corrected chi connectivity index (χ4v) is 3.62. The van der Waals surface area contributed by atoms with Crippen molar-refractivity contribution >= 4 is 45.6 Å². The Bertz CT molecular complexity index is 974. The van der Waals surface area contributed by atoms with Gasteiger partial charge in [-0.05, 0) is 30.3 Å². The van der Waals surface area contributed by atoms with Crippen molar-refractivity contribution < 1.29 is 0 Å². The molecule has 0 unspecified atom stereocenters. The van der Waals surface area contributed by atoms with Gasteiger partial charge in [0.05, 0.1) is 21.7 Å². The summed E-state index contributed by atoms with van der Waals surface area (Å²) in [5.41, 5.74) is 3.69. The van der Waals surface area contributed by atoms with Gasteiger partial charge < -0.3 is 0 Å². The molecule has 0 fully saturated rings. The molecule has 0 spiro atoms. The first-order chi connectivity index (χ1) is 10.7. The Labute approximate surface area is 140 Å². The molecule has 0 aliphatic heterocycles. The summed E-state index contributed by atoms with van der Waals surface area (Å²) in [5.74, 6) is 0. The van der Waals surface area contributed by atoms with Crippen LogP contribution >= 0.6 is 34.5 Å². The van der Waals surface area contributed by atoms with Gasteiger partial charge in [-0.3, -0.25) is 4.57 Å². The van der Waals surface area contributed by atoms with E-state index in [2.05, 4.69) is 9.97 Å². The standard InChI is InChI=1S/C16H9Cl2N3S/c17-10-5-6-11(12(18)7-10)14-8-22-16(20-14)21-9-19-13-3-1-2-4-15(13)21/h1-9H. The van der Waals surface area contributed by atoms with Crippen molar-refractivity contribution in [3.63, 3.8) is 0 Å². The summed E-state index contributed by atoms with van der Waals surface area (Å²) in [6, 6.07) is 13.4. The molecule has 2 heterocycles. The van der Waals surface area contributed by atoms with E-state index in [1.807, 2.05) is 46.3 Å². The second-order valence-corrected chi connectivity index (χ2v) is 6.42. The molecule has 0 amide bonds. The molecule has 6 heteroatoms. The lowest BCUT2D eigenvalue weighted by atomic mass is 10.2. The zero-order valence-electron chi connectivity index (χ0n) is 11.2. The molecule has 2 aromatic heterocycles. The fraction of sp³-hybridized carbons (Fsp3) is 0. The minimum Gasteiger partial charge on any atom is -0.274 e. The summed E-state index contributed by atoms with van der Waals surface area (Å²) in [6.07, 6.45) is 1.79. The van der Waals surface area contributed by atoms with E-state index in [1.54, 1.807) is 23.7 Å². The summed E-state index contributed by atoms with van der Waals surface area (Å²) in [5, 5.41) is 4.05. The Hall–Kier alpha value is -1.88. The van der Waals surface area contributed by atoms with Crippen molar-refractivity contribution in [1.82, 2.24) is 14.5 Å². The number of halogens is 2. The largest absolute Gasteiger partial charge is 0.274 e. The van der Waals surface area contributed by atoms with Crippen LogP contribution in [-0.2, 0) is 0 Å². The van der Waals surface area contributed by atoms with Crippen LogP contribution in [0.25, 0.3) is 27.4 Å². The van der Waals surface area contributed by atoms with Crippen LogP contribution in [0.4, 0.5) is 0 Å². The zero-order valence-corrected chi connectivity index (χ0v) is 13.5. The highest BCUT2D eigenvalue weighted by atomic mass is 35.5. The van der Waals surface area contributed by atoms with Gasteiger partial charge in [-0.1, -0.05) is 35.3 Å². The lowest BCUT2D eigenvalue weighted by Gasteiger charge is -2.01. The Morgan fingerprint density at radius 1 is 1.05 bits per heavy atom. The van der Waals surface area contributed by atoms with Gasteiger partial charge in [0.25, 0.3) is 0 Å². The minimum atomic E-state index is 0.597. The van der Waals surface area contributed by atoms with E-state index >= 15 is 0 Å². The third-order valence-electron chi connectivity index (χ3n) is 3.36. The van der Waals surface area contributed by atoms with E-state index in [0.29, 0.717) is 10.0 Å². The van der Waals surface area contributed by atoms with E-state index in [9.17, 15) is 0 Å². The van der Waals surface area contributed by atoms with Crippen LogP contribution in [0.1, 0.15) is 0 Å². The molecular weight excluding hydrogens is 337 g/mol. The summed E-state index contributed by atoms with van der Waals surface area (Å²) in [7, 11) is 0. The van der Waals surface area contributed by atoms with Gasteiger partial charge in [0.1, 0.15) is 6.33 Å². The summed E-state index contributed by atoms with van der Waals surface area (Å²) >= 11 is 13.7. The van der Waals surface area contributed by atoms with E-state index in [1.165, 1.54) is 0 Å². The van der Waals surface area contributed by atoms with Crippen molar-refractivity contribution in [3.8, 4) is 16.4 Å². The topological polar surface area (TPSA) is 30.7 Å². The predicted molar refractivity (Wildman–Crippen MR) is 92.2 cm³/mol. The van der Waals surface area contributed by atoms with Gasteiger partial charge in [-0.25, -0.2) is 9.97 Å². The molecule has 0 N–H and O–H groups in total. The molecule has 0 saturated heterocycles. The molecule has 0 radical (unpaired) electrons. The number of hydrogen-bond donors (Lipinski definition) is 0. The number of nitrogens with zero attached hydrogens (tertiary/aromatic N) is 3. The Kier molecular flexibility index (Phi) is 3.37. The van der Waals surface area contributed by atoms with Gasteiger partial charge in [0.15, 0.2) is 5.13 Å². The second-order valence-electron chi connectivity index (χ2n) is 4.74. The van der Waals surface area contributed by atoms with Gasteiger partial charge in [0.2, 0.25) is 0 Å². The Morgan fingerprint density at radius 3 is 2.77 bits per heavy atom. The van der Waals surface area contributed by atoms with E-state index in [0.717, 1.165) is 27.4 Å². The second kappa shape index (κ2) is 5.39. The summed E-state index contributed by atoms with van der Waals surface area (Å²) < 4.78 is 1.98. The number of thiazole rings is 1. The average molecular weight is 346 g/mol. The van der Waals surface area contributed by atoms with Crippen LogP contribution in [-0.4, -0.2) is 14.5 Å². The van der Waals surface area contributed by atoms with Crippen LogP contribution in [0.15, 0.2) is 54.2 Å². The smallest absolute Gasteiger partial charge is 0.195 e. The van der Waals surface area contributed by atoms with Crippen LogP contribution in [0.2, 0.25) is 10.0 Å². The van der Waals surface area contributed by atoms with Crippen LogP contribution < -0.4 is 0 Å². The fourth-order valence-electron chi connectivity index (χ4n) is 2.31. The molecule has 22 heavy (non-hydrogen) atoms. The Balaban J connectivity index is 1.81. The summed E-state index contributed by atoms with van der Waals surface area (Å²) in [6.45, 7) is 0. The minimum absolute atomic E-state index is 0.597. The molecule has 0 aliphatic carbocycles. The third kappa shape index (κ3) is 2.29. The maximum atomic E-state index is 6.25. The number of imidazole rings is 1. The molecule has 108 valence electrons. The van der Waals surface area contributed by atoms with Crippen molar-refractivity contribution in [2.75, 3.05) is 0 Å². The highest BCUT2D eigenvalue weighted by Crippen LogP contribution is 2.32. The third-order valence-corrected chi connectivity index (χ3v) is 4.75. The average Bonchev–Trinajstić information content (AvgIpc) is 3.13. The molecule has 0 saturated carbocycles. The highest BCUT2D eigenvalue weighted by molar-refractivity contribution is 7.12. The molecule has 2 aromatic carbocycles. The van der Waals surface area contributed by atoms with Gasteiger partial charge in [-0.15, -0.1) is 11.3 Å². The van der Waals surface area contributed by atoms with Crippen LogP contribution in [0, 0.1) is 0 Å². The molecular formula is C16H9Cl2N3S. The van der Waals surface area contributed by atoms with Crippen molar-refractivity contribution in [3.05, 3.63) is 64.2 Å². The van der Waals surface area contributed by atoms with Gasteiger partial charge in [-0.2, -0.15) is 0 Å². The first-order valence-corrected chi connectivity index (χ1v) is 8.19. The maximum Gasteiger partial charge on any atom is 0.195 e. The number of benzene rings is 2. The lowest BCUT2D eigenvalue weighted by molar-refractivity contribution is 1.07. The van der Waals surface area contributed by atoms with E-state index in [-0.39, 0.29) is 0 Å². The molecule has 4 aromatic rings. The first-order valence-electron chi connectivity index (χ1n) is 6.56. The molecule has 0 bridgehead atoms. The number of aromatic nitrogens is 3. The number of para-hydroxylation sites is 2. The first kappa shape index (κ1) is 13.8. The maximum absolute atomic E-state index is 6.25. The SMILES string of the molecule is Clc1ccc(-c2csc(-n3cnc4ccccc43)n2)c(Cl)c1. The number of rotatable bonds is 2. The van der Waals surface area contributed by atoms with E-state index in [4.69, 9.17) is 23.2 Å². The van der Waals surface area contributed by atoms with Gasteiger partial charge in [0, 0.05) is 16.0 Å². The van der Waals surface area contributed by atoms with Crippen molar-refractivity contribution in [2.45, 2.75) is 0 Å². The highest BCUT2D eigenvalue weighted by Gasteiger charge is 2.11. The normalized spacial score (nSPS) is 11.2.